The molecule has 0 radical (unpaired) electrons. The van der Waals surface area contributed by atoms with Crippen LogP contribution in [0.15, 0.2) is 59.5 Å². The van der Waals surface area contributed by atoms with Crippen LogP contribution < -0.4 is 18.5 Å². The third-order valence-electron chi connectivity index (χ3n) is 9.36. The lowest BCUT2D eigenvalue weighted by Gasteiger charge is -2.42. The van der Waals surface area contributed by atoms with Crippen LogP contribution >= 0.6 is 0 Å². The lowest BCUT2D eigenvalue weighted by atomic mass is 9.80. The molecule has 1 saturated heterocycles. The Kier molecular flexibility index (Phi) is 10.3. The van der Waals surface area contributed by atoms with Crippen molar-refractivity contribution in [3.8, 4) is 17.2 Å². The van der Waals surface area contributed by atoms with E-state index in [1.54, 1.807) is 26.2 Å². The molecule has 0 spiro atoms. The molecular weight excluding hydrogens is 655 g/mol. The summed E-state index contributed by atoms with van der Waals surface area (Å²) in [4.78, 5) is 33.9. The number of aliphatic hydroxyl groups excluding tert-OH is 1. The number of hydrogen-bond donors (Lipinski definition) is 1. The maximum atomic E-state index is 15.5. The molecule has 2 aliphatic heterocycles. The Morgan fingerprint density at radius 2 is 1.69 bits per heavy atom. The van der Waals surface area contributed by atoms with Gasteiger partial charge >= 0.3 is 0 Å². The standard InChI is InChI=1S/C35H43FN4O8S/c1-8-38(4)16-15-22-9-13-30(47-6)27(17-22)35(39-21-24(41)19-29(39)33(42)37(2)3)26-18-23(36)10-12-28(26)40(34(35)43)49(44,45)32-14-11-25(46-5)20-31(32)48-7/h9-14,17-18,20,24,29,41H,8,15-16,19,21H2,1-7H3/t24-,29+,35?/m1/s1. The lowest BCUT2D eigenvalue weighted by molar-refractivity contribution is -0.138. The van der Waals surface area contributed by atoms with Crippen molar-refractivity contribution in [2.75, 3.05) is 66.4 Å². The van der Waals surface area contributed by atoms with E-state index < -0.39 is 45.3 Å². The number of methoxy groups -OCH3 is 3. The fraction of sp³-hybridized carbons (Fsp3) is 0.429. The Balaban J connectivity index is 1.86. The summed E-state index contributed by atoms with van der Waals surface area (Å²) in [5.74, 6) is -1.67. The van der Waals surface area contributed by atoms with Gasteiger partial charge in [0.05, 0.1) is 39.2 Å². The number of likely N-dealkylation sites (N-methyl/N-ethyl adjacent to an activating group) is 2. The van der Waals surface area contributed by atoms with E-state index >= 15 is 9.18 Å². The number of halogens is 1. The summed E-state index contributed by atoms with van der Waals surface area (Å²) in [6.45, 7) is 3.32. The highest BCUT2D eigenvalue weighted by atomic mass is 32.2. The minimum absolute atomic E-state index is 0.0136. The second kappa shape index (κ2) is 13.9. The Labute approximate surface area is 286 Å². The number of anilines is 1. The summed E-state index contributed by atoms with van der Waals surface area (Å²) in [6.07, 6.45) is -0.538. The number of sulfonamides is 1. The summed E-state index contributed by atoms with van der Waals surface area (Å²) in [5.41, 5.74) is -1.24. The van der Waals surface area contributed by atoms with E-state index in [9.17, 15) is 18.3 Å². The summed E-state index contributed by atoms with van der Waals surface area (Å²) >= 11 is 0. The highest BCUT2D eigenvalue weighted by molar-refractivity contribution is 7.93. The Hall–Kier alpha value is -4.24. The molecule has 2 amide bonds. The molecule has 0 saturated carbocycles. The molecule has 1 N–H and O–H groups in total. The molecule has 12 nitrogen and oxygen atoms in total. The number of carbonyl (C=O) groups is 2. The van der Waals surface area contributed by atoms with Crippen molar-refractivity contribution >= 4 is 27.5 Å². The summed E-state index contributed by atoms with van der Waals surface area (Å²) in [7, 11) is 4.46. The SMILES string of the molecule is CCN(C)CCc1ccc(OC)c(C2(N3C[C@H](O)C[C@H]3C(=O)N(C)C)C(=O)N(S(=O)(=O)c3ccc(OC)cc3OC)c3ccc(F)cc32)c1. The second-order valence-electron chi connectivity index (χ2n) is 12.4. The van der Waals surface area contributed by atoms with Crippen LogP contribution in [0.3, 0.4) is 0 Å². The predicted octanol–water partition coefficient (Wildman–Crippen LogP) is 2.85. The van der Waals surface area contributed by atoms with Crippen LogP contribution in [0.2, 0.25) is 0 Å². The van der Waals surface area contributed by atoms with E-state index in [2.05, 4.69) is 4.90 Å². The Morgan fingerprint density at radius 3 is 2.33 bits per heavy atom. The molecule has 0 aliphatic carbocycles. The minimum Gasteiger partial charge on any atom is -0.497 e. The maximum absolute atomic E-state index is 15.5. The van der Waals surface area contributed by atoms with Crippen LogP contribution in [0, 0.1) is 5.82 Å². The van der Waals surface area contributed by atoms with Gasteiger partial charge in [0.15, 0.2) is 5.54 Å². The number of fused-ring (bicyclic) bond motifs is 1. The van der Waals surface area contributed by atoms with Gasteiger partial charge in [-0.1, -0.05) is 13.0 Å². The van der Waals surface area contributed by atoms with Gasteiger partial charge in [0, 0.05) is 44.4 Å². The van der Waals surface area contributed by atoms with Gasteiger partial charge in [-0.15, -0.1) is 0 Å². The van der Waals surface area contributed by atoms with Gasteiger partial charge in [0.25, 0.3) is 15.9 Å². The number of aliphatic hydroxyl groups is 1. The van der Waals surface area contributed by atoms with Crippen LogP contribution in [0.25, 0.3) is 0 Å². The molecule has 3 aromatic rings. The van der Waals surface area contributed by atoms with Crippen molar-refractivity contribution in [1.29, 1.82) is 0 Å². The van der Waals surface area contributed by atoms with Crippen molar-refractivity contribution in [2.45, 2.75) is 42.3 Å². The van der Waals surface area contributed by atoms with Crippen molar-refractivity contribution in [3.05, 3.63) is 77.1 Å². The number of amides is 2. The van der Waals surface area contributed by atoms with Crippen LogP contribution in [-0.4, -0.2) is 114 Å². The van der Waals surface area contributed by atoms with Crippen molar-refractivity contribution in [3.63, 3.8) is 0 Å². The number of benzene rings is 3. The second-order valence-corrected chi connectivity index (χ2v) is 14.2. The molecule has 49 heavy (non-hydrogen) atoms. The number of carbonyl (C=O) groups excluding carboxylic acids is 2. The molecule has 14 heteroatoms. The lowest BCUT2D eigenvalue weighted by Crippen LogP contribution is -2.59. The normalized spacial score (nSPS) is 20.9. The van der Waals surface area contributed by atoms with Gasteiger partial charge in [0.1, 0.15) is 28.0 Å². The van der Waals surface area contributed by atoms with E-state index in [1.165, 1.54) is 55.4 Å². The zero-order valence-electron chi connectivity index (χ0n) is 28.8. The first-order valence-corrected chi connectivity index (χ1v) is 17.3. The first kappa shape index (κ1) is 36.1. The van der Waals surface area contributed by atoms with Crippen molar-refractivity contribution in [1.82, 2.24) is 14.7 Å². The summed E-state index contributed by atoms with van der Waals surface area (Å²) in [6, 6.07) is 11.7. The molecule has 1 fully saturated rings. The molecule has 1 unspecified atom stereocenters. The fourth-order valence-electron chi connectivity index (χ4n) is 6.75. The molecule has 3 aromatic carbocycles. The van der Waals surface area contributed by atoms with Crippen molar-refractivity contribution in [2.24, 2.45) is 0 Å². The third kappa shape index (κ3) is 6.11. The molecule has 264 valence electrons. The monoisotopic (exact) mass is 698 g/mol. The van der Waals surface area contributed by atoms with Crippen molar-refractivity contribution < 1.29 is 41.7 Å². The number of likely N-dealkylation sites (tertiary alicyclic amines) is 1. The van der Waals surface area contributed by atoms with Gasteiger partial charge in [-0.3, -0.25) is 14.5 Å². The number of rotatable bonds is 12. The molecule has 5 rings (SSSR count). The fourth-order valence-corrected chi connectivity index (χ4v) is 8.35. The molecule has 3 atom stereocenters. The van der Waals surface area contributed by atoms with E-state index in [-0.39, 0.29) is 46.2 Å². The van der Waals surface area contributed by atoms with Gasteiger partial charge in [-0.25, -0.2) is 17.1 Å². The van der Waals surface area contributed by atoms with E-state index in [4.69, 9.17) is 14.2 Å². The highest BCUT2D eigenvalue weighted by Crippen LogP contribution is 2.55. The Bertz CT molecular complexity index is 1850. The zero-order chi connectivity index (χ0) is 35.8. The first-order valence-electron chi connectivity index (χ1n) is 15.9. The zero-order valence-corrected chi connectivity index (χ0v) is 29.6. The van der Waals surface area contributed by atoms with Crippen LogP contribution in [-0.2, 0) is 31.6 Å². The van der Waals surface area contributed by atoms with Crippen LogP contribution in [0.4, 0.5) is 10.1 Å². The predicted molar refractivity (Wildman–Crippen MR) is 181 cm³/mol. The van der Waals surface area contributed by atoms with E-state index in [1.807, 2.05) is 20.0 Å². The average molecular weight is 699 g/mol. The van der Waals surface area contributed by atoms with E-state index in [0.29, 0.717) is 23.0 Å². The molecule has 0 bridgehead atoms. The first-order chi connectivity index (χ1) is 23.3. The molecule has 2 heterocycles. The van der Waals surface area contributed by atoms with Gasteiger partial charge in [-0.05, 0) is 74.5 Å². The van der Waals surface area contributed by atoms with Gasteiger partial charge < -0.3 is 29.1 Å². The summed E-state index contributed by atoms with van der Waals surface area (Å²) < 4.78 is 62.1. The number of ether oxygens (including phenoxy) is 3. The quantitative estimate of drug-likeness (QED) is 0.302. The third-order valence-corrected chi connectivity index (χ3v) is 11.1. The highest BCUT2D eigenvalue weighted by Gasteiger charge is 2.64. The summed E-state index contributed by atoms with van der Waals surface area (Å²) in [5, 5.41) is 11.1. The largest absolute Gasteiger partial charge is 0.497 e. The number of hydrogen-bond acceptors (Lipinski definition) is 10. The maximum Gasteiger partial charge on any atom is 0.274 e. The van der Waals surface area contributed by atoms with Gasteiger partial charge in [-0.2, -0.15) is 0 Å². The average Bonchev–Trinajstić information content (AvgIpc) is 3.60. The number of nitrogens with zero attached hydrogens (tertiary/aromatic N) is 4. The molecule has 0 aromatic heterocycles. The smallest absolute Gasteiger partial charge is 0.274 e. The topological polar surface area (TPSA) is 129 Å². The van der Waals surface area contributed by atoms with E-state index in [0.717, 1.165) is 24.2 Å². The molecule has 2 aliphatic rings. The number of β-amino-alcohol motifs (C(OH)–C–C–N with tert-alkyl or cyclic N) is 1. The Morgan fingerprint density at radius 1 is 0.980 bits per heavy atom. The minimum atomic E-state index is -4.76. The van der Waals surface area contributed by atoms with Crippen LogP contribution in [0.1, 0.15) is 30.0 Å². The van der Waals surface area contributed by atoms with Crippen LogP contribution in [0.5, 0.6) is 17.2 Å². The molecular formula is C35H43FN4O8S. The van der Waals surface area contributed by atoms with Gasteiger partial charge in [0.2, 0.25) is 5.91 Å².